The Morgan fingerprint density at radius 1 is 1.09 bits per heavy atom. The van der Waals surface area contributed by atoms with Crippen LogP contribution in [0.4, 0.5) is 0 Å². The van der Waals surface area contributed by atoms with Crippen molar-refractivity contribution in [3.63, 3.8) is 0 Å². The third-order valence-corrected chi connectivity index (χ3v) is 3.54. The topological polar surface area (TPSA) is 12.5 Å². The Morgan fingerprint density at radius 3 is 2.00 bits per heavy atom. The highest BCUT2D eigenvalue weighted by atomic mass is 16.5. The fourth-order valence-electron chi connectivity index (χ4n) is 2.57. The van der Waals surface area contributed by atoms with Gasteiger partial charge in [-0.25, -0.2) is 0 Å². The molecule has 0 saturated carbocycles. The van der Waals surface area contributed by atoms with Gasteiger partial charge in [-0.3, -0.25) is 0 Å². The second kappa shape index (κ2) is 1.99. The molecule has 0 aromatic heterocycles. The molecule has 2 heteroatoms. The molecule has 2 heterocycles. The molecule has 2 aliphatic heterocycles. The van der Waals surface area contributed by atoms with Gasteiger partial charge < -0.3 is 9.64 Å². The zero-order valence-corrected chi connectivity index (χ0v) is 7.68. The van der Waals surface area contributed by atoms with Crippen molar-refractivity contribution in [3.05, 3.63) is 0 Å². The van der Waals surface area contributed by atoms with Crippen LogP contribution in [-0.2, 0) is 4.74 Å². The van der Waals surface area contributed by atoms with Crippen molar-refractivity contribution in [2.75, 3.05) is 33.4 Å². The molecule has 11 heavy (non-hydrogen) atoms. The van der Waals surface area contributed by atoms with Gasteiger partial charge in [-0.2, -0.15) is 0 Å². The van der Waals surface area contributed by atoms with Crippen molar-refractivity contribution in [3.8, 4) is 0 Å². The van der Waals surface area contributed by atoms with Crippen molar-refractivity contribution in [1.82, 2.24) is 4.90 Å². The van der Waals surface area contributed by atoms with Crippen LogP contribution in [-0.4, -0.2) is 38.3 Å². The zero-order valence-electron chi connectivity index (χ0n) is 7.68. The first-order valence-corrected chi connectivity index (χ1v) is 4.32. The number of ether oxygens (including phenoxy) is 1. The Balaban J connectivity index is 2.28. The van der Waals surface area contributed by atoms with Crippen molar-refractivity contribution in [2.24, 2.45) is 10.8 Å². The minimum absolute atomic E-state index is 0.418. The molecule has 0 radical (unpaired) electrons. The number of nitrogens with zero attached hydrogens (tertiary/aromatic N) is 1. The first-order valence-electron chi connectivity index (χ1n) is 4.32. The van der Waals surface area contributed by atoms with Crippen LogP contribution >= 0.6 is 0 Å². The second-order valence-corrected chi connectivity index (χ2v) is 4.79. The molecular weight excluding hydrogens is 138 g/mol. The van der Waals surface area contributed by atoms with E-state index in [2.05, 4.69) is 25.8 Å². The SMILES string of the molecule is CN1C[C@]2(C)COC[C@]2(C)C1. The fraction of sp³-hybridized carbons (Fsp3) is 1.00. The molecule has 64 valence electrons. The molecule has 0 N–H and O–H groups in total. The van der Waals surface area contributed by atoms with Crippen LogP contribution in [0.5, 0.6) is 0 Å². The molecule has 2 nitrogen and oxygen atoms in total. The Kier molecular flexibility index (Phi) is 1.37. The third kappa shape index (κ3) is 0.859. The molecule has 2 atom stereocenters. The average Bonchev–Trinajstić information content (AvgIpc) is 2.16. The first-order chi connectivity index (χ1) is 5.06. The van der Waals surface area contributed by atoms with Crippen molar-refractivity contribution < 1.29 is 4.74 Å². The van der Waals surface area contributed by atoms with Crippen LogP contribution in [0.1, 0.15) is 13.8 Å². The van der Waals surface area contributed by atoms with Crippen LogP contribution in [0.3, 0.4) is 0 Å². The summed E-state index contributed by atoms with van der Waals surface area (Å²) in [4.78, 5) is 2.42. The summed E-state index contributed by atoms with van der Waals surface area (Å²) in [7, 11) is 2.20. The van der Waals surface area contributed by atoms with Gasteiger partial charge in [-0.15, -0.1) is 0 Å². The molecule has 2 rings (SSSR count). The molecular formula is C9H17NO. The van der Waals surface area contributed by atoms with E-state index in [-0.39, 0.29) is 0 Å². The van der Waals surface area contributed by atoms with Crippen LogP contribution in [0.25, 0.3) is 0 Å². The van der Waals surface area contributed by atoms with E-state index in [1.54, 1.807) is 0 Å². The van der Waals surface area contributed by atoms with E-state index >= 15 is 0 Å². The van der Waals surface area contributed by atoms with Gasteiger partial charge >= 0.3 is 0 Å². The molecule has 0 unspecified atom stereocenters. The normalized spacial score (nSPS) is 51.5. The standard InChI is InChI=1S/C9H17NO/c1-8-4-10(3)5-9(8,2)7-11-6-8/h4-7H2,1-3H3/t8-,9+. The summed E-state index contributed by atoms with van der Waals surface area (Å²) in [5.74, 6) is 0. The third-order valence-electron chi connectivity index (χ3n) is 3.54. The van der Waals surface area contributed by atoms with Crippen LogP contribution in [0.15, 0.2) is 0 Å². The quantitative estimate of drug-likeness (QED) is 0.517. The number of fused-ring (bicyclic) bond motifs is 1. The molecule has 2 saturated heterocycles. The van der Waals surface area contributed by atoms with E-state index < -0.39 is 0 Å². The molecule has 0 aliphatic carbocycles. The number of hydrogen-bond acceptors (Lipinski definition) is 2. The van der Waals surface area contributed by atoms with Gasteiger partial charge in [0.25, 0.3) is 0 Å². The lowest BCUT2D eigenvalue weighted by molar-refractivity contribution is 0.137. The molecule has 0 bridgehead atoms. The Labute approximate surface area is 68.5 Å². The van der Waals surface area contributed by atoms with E-state index in [1.807, 2.05) is 0 Å². The monoisotopic (exact) mass is 155 g/mol. The highest BCUT2D eigenvalue weighted by Gasteiger charge is 2.54. The fourth-order valence-corrected chi connectivity index (χ4v) is 2.57. The summed E-state index contributed by atoms with van der Waals surface area (Å²) >= 11 is 0. The molecule has 0 amide bonds. The minimum atomic E-state index is 0.418. The highest BCUT2D eigenvalue weighted by Crippen LogP contribution is 2.49. The number of hydrogen-bond donors (Lipinski definition) is 0. The number of likely N-dealkylation sites (tertiary alicyclic amines) is 1. The maximum absolute atomic E-state index is 5.54. The van der Waals surface area contributed by atoms with Crippen LogP contribution in [0.2, 0.25) is 0 Å². The van der Waals surface area contributed by atoms with Gasteiger partial charge in [-0.1, -0.05) is 13.8 Å². The molecule has 0 aromatic rings. The predicted octanol–water partition coefficient (Wildman–Crippen LogP) is 0.975. The van der Waals surface area contributed by atoms with Crippen LogP contribution < -0.4 is 0 Å². The smallest absolute Gasteiger partial charge is 0.0538 e. The average molecular weight is 155 g/mol. The highest BCUT2D eigenvalue weighted by molar-refractivity contribution is 5.04. The summed E-state index contributed by atoms with van der Waals surface area (Å²) in [6.07, 6.45) is 0. The molecule has 2 fully saturated rings. The van der Waals surface area contributed by atoms with E-state index in [1.165, 1.54) is 13.1 Å². The predicted molar refractivity (Wildman–Crippen MR) is 44.5 cm³/mol. The Bertz CT molecular complexity index is 164. The van der Waals surface area contributed by atoms with E-state index in [0.29, 0.717) is 10.8 Å². The summed E-state index contributed by atoms with van der Waals surface area (Å²) < 4.78 is 5.54. The lowest BCUT2D eigenvalue weighted by Crippen LogP contribution is -2.34. The molecule has 0 aromatic carbocycles. The molecule has 2 aliphatic rings. The first kappa shape index (κ1) is 7.56. The Morgan fingerprint density at radius 2 is 1.55 bits per heavy atom. The molecule has 0 spiro atoms. The van der Waals surface area contributed by atoms with Gasteiger partial charge in [0.05, 0.1) is 13.2 Å². The summed E-state index contributed by atoms with van der Waals surface area (Å²) in [5, 5.41) is 0. The minimum Gasteiger partial charge on any atom is -0.380 e. The van der Waals surface area contributed by atoms with Crippen molar-refractivity contribution in [2.45, 2.75) is 13.8 Å². The van der Waals surface area contributed by atoms with E-state index in [9.17, 15) is 0 Å². The van der Waals surface area contributed by atoms with Gasteiger partial charge in [0.15, 0.2) is 0 Å². The largest absolute Gasteiger partial charge is 0.380 e. The number of rotatable bonds is 0. The van der Waals surface area contributed by atoms with Crippen LogP contribution in [0, 0.1) is 10.8 Å². The second-order valence-electron chi connectivity index (χ2n) is 4.79. The van der Waals surface area contributed by atoms with Gasteiger partial charge in [0.2, 0.25) is 0 Å². The zero-order chi connectivity index (χ0) is 8.11. The summed E-state index contributed by atoms with van der Waals surface area (Å²) in [5.41, 5.74) is 0.837. The van der Waals surface area contributed by atoms with E-state index in [4.69, 9.17) is 4.74 Å². The van der Waals surface area contributed by atoms with E-state index in [0.717, 1.165) is 13.2 Å². The van der Waals surface area contributed by atoms with Gasteiger partial charge in [0, 0.05) is 23.9 Å². The maximum Gasteiger partial charge on any atom is 0.0538 e. The van der Waals surface area contributed by atoms with Gasteiger partial charge in [0.1, 0.15) is 0 Å². The summed E-state index contributed by atoms with van der Waals surface area (Å²) in [6.45, 7) is 9.00. The lowest BCUT2D eigenvalue weighted by Gasteiger charge is -2.29. The Hall–Kier alpha value is -0.0800. The van der Waals surface area contributed by atoms with Gasteiger partial charge in [-0.05, 0) is 7.05 Å². The maximum atomic E-state index is 5.54. The van der Waals surface area contributed by atoms with Crippen molar-refractivity contribution >= 4 is 0 Å². The lowest BCUT2D eigenvalue weighted by atomic mass is 9.71. The summed E-state index contributed by atoms with van der Waals surface area (Å²) in [6, 6.07) is 0. The van der Waals surface area contributed by atoms with Crippen molar-refractivity contribution in [1.29, 1.82) is 0 Å².